The number of ketones is 1. The van der Waals surface area contributed by atoms with Crippen molar-refractivity contribution >= 4 is 21.7 Å². The SMILES string of the molecule is COc1cc(C(=O)c2cccc(C)c2C)c(OC)cc1Br. The number of methoxy groups -OCH3 is 2. The van der Waals surface area contributed by atoms with Crippen molar-refractivity contribution in [2.75, 3.05) is 14.2 Å². The highest BCUT2D eigenvalue weighted by atomic mass is 79.9. The summed E-state index contributed by atoms with van der Waals surface area (Å²) >= 11 is 3.40. The number of carbonyl (C=O) groups is 1. The second-order valence-electron chi connectivity index (χ2n) is 4.76. The molecule has 3 nitrogen and oxygen atoms in total. The van der Waals surface area contributed by atoms with E-state index in [-0.39, 0.29) is 5.78 Å². The van der Waals surface area contributed by atoms with Gasteiger partial charge in [0.15, 0.2) is 5.78 Å². The number of rotatable bonds is 4. The van der Waals surface area contributed by atoms with Gasteiger partial charge in [-0.05, 0) is 53.0 Å². The molecule has 110 valence electrons. The van der Waals surface area contributed by atoms with Crippen LogP contribution in [0.1, 0.15) is 27.0 Å². The van der Waals surface area contributed by atoms with Gasteiger partial charge in [0.2, 0.25) is 0 Å². The molecule has 0 saturated carbocycles. The van der Waals surface area contributed by atoms with Gasteiger partial charge >= 0.3 is 0 Å². The van der Waals surface area contributed by atoms with Crippen molar-refractivity contribution in [1.82, 2.24) is 0 Å². The Bertz CT molecular complexity index is 693. The number of hydrogen-bond donors (Lipinski definition) is 0. The van der Waals surface area contributed by atoms with E-state index in [1.54, 1.807) is 26.4 Å². The van der Waals surface area contributed by atoms with E-state index >= 15 is 0 Å². The summed E-state index contributed by atoms with van der Waals surface area (Å²) in [6.07, 6.45) is 0. The first-order chi connectivity index (χ1) is 9.99. The van der Waals surface area contributed by atoms with Gasteiger partial charge in [0.1, 0.15) is 11.5 Å². The normalized spacial score (nSPS) is 10.3. The molecule has 0 fully saturated rings. The summed E-state index contributed by atoms with van der Waals surface area (Å²) < 4.78 is 11.4. The van der Waals surface area contributed by atoms with Crippen LogP contribution in [0, 0.1) is 13.8 Å². The van der Waals surface area contributed by atoms with E-state index in [9.17, 15) is 4.79 Å². The molecule has 0 aliphatic rings. The molecule has 0 heterocycles. The summed E-state index contributed by atoms with van der Waals surface area (Å²) in [7, 11) is 3.12. The lowest BCUT2D eigenvalue weighted by Gasteiger charge is -2.13. The fraction of sp³-hybridized carbons (Fsp3) is 0.235. The van der Waals surface area contributed by atoms with Crippen LogP contribution in [0.25, 0.3) is 0 Å². The summed E-state index contributed by atoms with van der Waals surface area (Å²) in [5.74, 6) is 1.05. The number of halogens is 1. The highest BCUT2D eigenvalue weighted by molar-refractivity contribution is 9.10. The smallest absolute Gasteiger partial charge is 0.197 e. The standard InChI is InChI=1S/C17H17BrO3/c1-10-6-5-7-12(11(10)2)17(19)13-8-16(21-4)14(18)9-15(13)20-3/h5-9H,1-4H3. The molecule has 0 aromatic heterocycles. The van der Waals surface area contributed by atoms with Gasteiger partial charge in [-0.2, -0.15) is 0 Å². The van der Waals surface area contributed by atoms with Crippen molar-refractivity contribution < 1.29 is 14.3 Å². The molecule has 0 bridgehead atoms. The predicted octanol–water partition coefficient (Wildman–Crippen LogP) is 4.31. The average Bonchev–Trinajstić information content (AvgIpc) is 2.49. The fourth-order valence-corrected chi connectivity index (χ4v) is 2.66. The first-order valence-electron chi connectivity index (χ1n) is 6.52. The Hall–Kier alpha value is -1.81. The van der Waals surface area contributed by atoms with Crippen LogP contribution in [0.5, 0.6) is 11.5 Å². The molecular weight excluding hydrogens is 332 g/mol. The molecule has 0 amide bonds. The van der Waals surface area contributed by atoms with Crippen LogP contribution in [0.2, 0.25) is 0 Å². The zero-order valence-corrected chi connectivity index (χ0v) is 14.1. The Labute approximate surface area is 133 Å². The lowest BCUT2D eigenvalue weighted by molar-refractivity contribution is 0.103. The lowest BCUT2D eigenvalue weighted by Crippen LogP contribution is -2.07. The molecule has 0 atom stereocenters. The fourth-order valence-electron chi connectivity index (χ4n) is 2.18. The molecule has 0 radical (unpaired) electrons. The van der Waals surface area contributed by atoms with E-state index in [4.69, 9.17) is 9.47 Å². The largest absolute Gasteiger partial charge is 0.496 e. The number of benzene rings is 2. The maximum Gasteiger partial charge on any atom is 0.197 e. The third-order valence-electron chi connectivity index (χ3n) is 3.57. The summed E-state index contributed by atoms with van der Waals surface area (Å²) in [5, 5.41) is 0. The van der Waals surface area contributed by atoms with E-state index in [1.807, 2.05) is 32.0 Å². The van der Waals surface area contributed by atoms with Gasteiger partial charge in [0.05, 0.1) is 24.3 Å². The molecule has 0 aliphatic carbocycles. The highest BCUT2D eigenvalue weighted by Gasteiger charge is 2.19. The highest BCUT2D eigenvalue weighted by Crippen LogP contribution is 2.34. The monoisotopic (exact) mass is 348 g/mol. The molecule has 0 aliphatic heterocycles. The molecule has 2 aromatic rings. The van der Waals surface area contributed by atoms with Gasteiger partial charge in [-0.15, -0.1) is 0 Å². The van der Waals surface area contributed by atoms with Gasteiger partial charge in [-0.3, -0.25) is 4.79 Å². The minimum atomic E-state index is -0.0705. The quantitative estimate of drug-likeness (QED) is 0.772. The molecular formula is C17H17BrO3. The van der Waals surface area contributed by atoms with Crippen molar-refractivity contribution in [1.29, 1.82) is 0 Å². The van der Waals surface area contributed by atoms with Crippen LogP contribution in [-0.2, 0) is 0 Å². The number of ether oxygens (including phenoxy) is 2. The number of aryl methyl sites for hydroxylation is 1. The predicted molar refractivity (Wildman–Crippen MR) is 86.6 cm³/mol. The summed E-state index contributed by atoms with van der Waals surface area (Å²) in [6.45, 7) is 3.94. The lowest BCUT2D eigenvalue weighted by atomic mass is 9.95. The topological polar surface area (TPSA) is 35.5 Å². The van der Waals surface area contributed by atoms with Crippen molar-refractivity contribution in [2.24, 2.45) is 0 Å². The first-order valence-corrected chi connectivity index (χ1v) is 7.31. The van der Waals surface area contributed by atoms with Crippen LogP contribution < -0.4 is 9.47 Å². The van der Waals surface area contributed by atoms with Gasteiger partial charge in [-0.1, -0.05) is 18.2 Å². The second kappa shape index (κ2) is 6.31. The first kappa shape index (κ1) is 15.6. The maximum absolute atomic E-state index is 12.8. The van der Waals surface area contributed by atoms with Crippen LogP contribution in [-0.4, -0.2) is 20.0 Å². The van der Waals surface area contributed by atoms with E-state index in [0.29, 0.717) is 22.6 Å². The van der Waals surface area contributed by atoms with E-state index in [2.05, 4.69) is 15.9 Å². The van der Waals surface area contributed by atoms with Gasteiger partial charge < -0.3 is 9.47 Å². The molecule has 2 rings (SSSR count). The zero-order chi connectivity index (χ0) is 15.6. The van der Waals surface area contributed by atoms with E-state index in [0.717, 1.165) is 15.6 Å². The summed E-state index contributed by atoms with van der Waals surface area (Å²) in [6, 6.07) is 9.16. The Morgan fingerprint density at radius 2 is 1.67 bits per heavy atom. The van der Waals surface area contributed by atoms with Crippen LogP contribution in [0.3, 0.4) is 0 Å². The van der Waals surface area contributed by atoms with Crippen LogP contribution in [0.15, 0.2) is 34.8 Å². The molecule has 0 saturated heterocycles. The Morgan fingerprint density at radius 1 is 1.00 bits per heavy atom. The van der Waals surface area contributed by atoms with E-state index in [1.165, 1.54) is 0 Å². The Morgan fingerprint density at radius 3 is 2.29 bits per heavy atom. The maximum atomic E-state index is 12.8. The number of hydrogen-bond acceptors (Lipinski definition) is 3. The zero-order valence-electron chi connectivity index (χ0n) is 12.5. The third kappa shape index (κ3) is 2.95. The molecule has 21 heavy (non-hydrogen) atoms. The minimum absolute atomic E-state index is 0.0705. The molecule has 0 N–H and O–H groups in total. The molecule has 0 unspecified atom stereocenters. The van der Waals surface area contributed by atoms with Gasteiger partial charge in [0, 0.05) is 5.56 Å². The minimum Gasteiger partial charge on any atom is -0.496 e. The third-order valence-corrected chi connectivity index (χ3v) is 4.19. The second-order valence-corrected chi connectivity index (χ2v) is 5.62. The van der Waals surface area contributed by atoms with Crippen molar-refractivity contribution in [3.63, 3.8) is 0 Å². The van der Waals surface area contributed by atoms with Crippen molar-refractivity contribution in [3.8, 4) is 11.5 Å². The van der Waals surface area contributed by atoms with E-state index < -0.39 is 0 Å². The molecule has 2 aromatic carbocycles. The summed E-state index contributed by atoms with van der Waals surface area (Å²) in [5.41, 5.74) is 3.24. The molecule has 0 spiro atoms. The van der Waals surface area contributed by atoms with Gasteiger partial charge in [0.25, 0.3) is 0 Å². The van der Waals surface area contributed by atoms with Crippen LogP contribution >= 0.6 is 15.9 Å². The Kier molecular flexibility index (Phi) is 4.68. The summed E-state index contributed by atoms with van der Waals surface area (Å²) in [4.78, 5) is 12.8. The number of carbonyl (C=O) groups excluding carboxylic acids is 1. The van der Waals surface area contributed by atoms with Crippen LogP contribution in [0.4, 0.5) is 0 Å². The Balaban J connectivity index is 2.60. The van der Waals surface area contributed by atoms with Crippen molar-refractivity contribution in [2.45, 2.75) is 13.8 Å². The molecule has 4 heteroatoms. The average molecular weight is 349 g/mol. The van der Waals surface area contributed by atoms with Gasteiger partial charge in [-0.25, -0.2) is 0 Å². The van der Waals surface area contributed by atoms with Crippen molar-refractivity contribution in [3.05, 3.63) is 57.1 Å².